The number of hydrogen-bond donors (Lipinski definition) is 1. The first-order valence-electron chi connectivity index (χ1n) is 7.29. The van der Waals surface area contributed by atoms with Crippen molar-refractivity contribution in [1.29, 1.82) is 0 Å². The first-order valence-corrected chi connectivity index (χ1v) is 8.05. The lowest BCUT2D eigenvalue weighted by atomic mass is 10.3. The van der Waals surface area contributed by atoms with Crippen molar-refractivity contribution in [3.63, 3.8) is 0 Å². The fourth-order valence-corrected chi connectivity index (χ4v) is 1.21. The number of hydrogen-bond acceptors (Lipinski definition) is 4. The van der Waals surface area contributed by atoms with Gasteiger partial charge in [0.2, 0.25) is 0 Å². The average molecular weight is 364 g/mol. The van der Waals surface area contributed by atoms with E-state index in [4.69, 9.17) is 28.0 Å². The van der Waals surface area contributed by atoms with Crippen LogP contribution in [0.25, 0.3) is 0 Å². The van der Waals surface area contributed by atoms with E-state index < -0.39 is 5.97 Å². The van der Waals surface area contributed by atoms with Crippen molar-refractivity contribution in [2.75, 3.05) is 19.0 Å². The van der Waals surface area contributed by atoms with Gasteiger partial charge in [0.25, 0.3) is 0 Å². The highest BCUT2D eigenvalue weighted by molar-refractivity contribution is 6.48. The zero-order chi connectivity index (χ0) is 18.7. The summed E-state index contributed by atoms with van der Waals surface area (Å²) in [5.74, 6) is -0.531. The monoisotopic (exact) mass is 363 g/mol. The fraction of sp³-hybridized carbons (Fsp3) is 0.412. The van der Waals surface area contributed by atoms with Gasteiger partial charge in [-0.25, -0.2) is 4.79 Å². The number of benzene rings is 1. The molecule has 1 aromatic rings. The van der Waals surface area contributed by atoms with E-state index in [1.807, 2.05) is 58.0 Å². The van der Waals surface area contributed by atoms with Crippen LogP contribution in [-0.2, 0) is 14.3 Å². The molecule has 6 heteroatoms. The van der Waals surface area contributed by atoms with Gasteiger partial charge in [0.15, 0.2) is 0 Å². The smallest absolute Gasteiger partial charge is 0.351 e. The summed E-state index contributed by atoms with van der Waals surface area (Å²) in [6.45, 7) is 10.4. The van der Waals surface area contributed by atoms with Crippen LogP contribution in [-0.4, -0.2) is 26.4 Å². The topological polar surface area (TPSA) is 55.4 Å². The summed E-state index contributed by atoms with van der Waals surface area (Å²) < 4.78 is 4.40. The molecule has 1 aliphatic rings. The van der Waals surface area contributed by atoms with Gasteiger partial charge >= 0.3 is 5.97 Å². The predicted molar refractivity (Wildman–Crippen MR) is 100 cm³/mol. The quantitative estimate of drug-likeness (QED) is 0.695. The van der Waals surface area contributed by atoms with E-state index in [0.717, 1.165) is 5.69 Å². The summed E-state index contributed by atoms with van der Waals surface area (Å²) in [4.78, 5) is 18.3. The average Bonchev–Trinajstić information content (AvgIpc) is 2.91. The number of ether oxygens (including phenoxy) is 1. The number of rotatable bonds is 1. The third-order valence-corrected chi connectivity index (χ3v) is 2.59. The van der Waals surface area contributed by atoms with Crippen LogP contribution in [0.15, 0.2) is 40.4 Å². The summed E-state index contributed by atoms with van der Waals surface area (Å²) in [6, 6.07) is 10.1. The Labute approximate surface area is 149 Å². The van der Waals surface area contributed by atoms with Crippen LogP contribution in [0, 0.1) is 0 Å². The number of carbonyl (C=O) groups is 2. The van der Waals surface area contributed by atoms with Crippen LogP contribution in [0.1, 0.15) is 34.1 Å². The van der Waals surface area contributed by atoms with Gasteiger partial charge in [-0.1, -0.05) is 75.5 Å². The summed E-state index contributed by atoms with van der Waals surface area (Å²) in [6.07, 6.45) is 1.25. The minimum atomic E-state index is -0.531. The molecule has 1 aliphatic heterocycles. The van der Waals surface area contributed by atoms with Gasteiger partial charge in [0.05, 0.1) is 5.03 Å². The van der Waals surface area contributed by atoms with Gasteiger partial charge in [-0.05, 0) is 12.1 Å². The Balaban J connectivity index is -0.000000252. The van der Waals surface area contributed by atoms with E-state index in [2.05, 4.69) is 23.9 Å². The Kier molecular flexibility index (Phi) is 23.5. The Morgan fingerprint density at radius 2 is 1.57 bits per heavy atom. The second kappa shape index (κ2) is 20.5. The maximum absolute atomic E-state index is 10.3. The maximum Gasteiger partial charge on any atom is 0.351 e. The number of anilines is 1. The summed E-state index contributed by atoms with van der Waals surface area (Å²) in [5.41, 5.74) is 1.16. The van der Waals surface area contributed by atoms with Crippen LogP contribution in [0.3, 0.4) is 0 Å². The first kappa shape index (κ1) is 26.4. The minimum absolute atomic E-state index is 0.00617. The molecular formula is C17H27Cl2NO3. The number of para-hydroxylation sites is 1. The van der Waals surface area contributed by atoms with Crippen molar-refractivity contribution in [3.8, 4) is 0 Å². The van der Waals surface area contributed by atoms with Crippen molar-refractivity contribution in [1.82, 2.24) is 0 Å². The number of esters is 1. The van der Waals surface area contributed by atoms with Gasteiger partial charge in [-0.3, -0.25) is 0 Å². The zero-order valence-corrected chi connectivity index (χ0v) is 16.0. The maximum atomic E-state index is 10.3. The van der Waals surface area contributed by atoms with Crippen molar-refractivity contribution < 1.29 is 14.3 Å². The molecule has 0 aromatic heterocycles. The highest BCUT2D eigenvalue weighted by Gasteiger charge is 2.20. The molecule has 0 saturated heterocycles. The highest BCUT2D eigenvalue weighted by atomic mass is 35.5. The zero-order valence-electron chi connectivity index (χ0n) is 14.5. The van der Waals surface area contributed by atoms with Crippen molar-refractivity contribution in [3.05, 3.63) is 40.4 Å². The molecule has 0 saturated carbocycles. The molecule has 0 spiro atoms. The first-order chi connectivity index (χ1) is 11.1. The van der Waals surface area contributed by atoms with Crippen molar-refractivity contribution >= 4 is 41.6 Å². The Hall–Kier alpha value is -1.52. The van der Waals surface area contributed by atoms with Crippen LogP contribution in [0.5, 0.6) is 0 Å². The Bertz CT molecular complexity index is 423. The van der Waals surface area contributed by atoms with Crippen LogP contribution >= 0.6 is 23.2 Å². The number of nitrogens with one attached hydrogen (secondary N) is 1. The van der Waals surface area contributed by atoms with E-state index in [1.54, 1.807) is 0 Å². The lowest BCUT2D eigenvalue weighted by molar-refractivity contribution is -0.135. The number of halogens is 2. The van der Waals surface area contributed by atoms with Crippen LogP contribution in [0.2, 0.25) is 0 Å². The summed E-state index contributed by atoms with van der Waals surface area (Å²) >= 11 is 10.6. The second-order valence-corrected chi connectivity index (χ2v) is 4.45. The fourth-order valence-electron chi connectivity index (χ4n) is 0.971. The number of carbonyl (C=O) groups excluding carboxylic acids is 2. The Morgan fingerprint density at radius 1 is 1.13 bits per heavy atom. The molecule has 0 fully saturated rings. The molecule has 132 valence electrons. The molecule has 0 radical (unpaired) electrons. The molecule has 1 aromatic carbocycles. The lowest BCUT2D eigenvalue weighted by Gasteiger charge is -1.94. The minimum Gasteiger partial charge on any atom is -0.456 e. The van der Waals surface area contributed by atoms with E-state index in [-0.39, 0.29) is 16.7 Å². The molecule has 0 unspecified atom stereocenters. The lowest BCUT2D eigenvalue weighted by Crippen LogP contribution is -1.93. The van der Waals surface area contributed by atoms with E-state index in [1.165, 1.54) is 6.42 Å². The van der Waals surface area contributed by atoms with Gasteiger partial charge in [-0.15, -0.1) is 0 Å². The van der Waals surface area contributed by atoms with Gasteiger partial charge < -0.3 is 14.8 Å². The summed E-state index contributed by atoms with van der Waals surface area (Å²) in [7, 11) is 1.91. The molecule has 4 nitrogen and oxygen atoms in total. The molecule has 0 bridgehead atoms. The molecule has 0 atom stereocenters. The number of cyclic esters (lactones) is 1. The van der Waals surface area contributed by atoms with Crippen LogP contribution in [0.4, 0.5) is 5.69 Å². The molecule has 0 amide bonds. The predicted octanol–water partition coefficient (Wildman–Crippen LogP) is 5.22. The van der Waals surface area contributed by atoms with Crippen molar-refractivity contribution in [2.24, 2.45) is 0 Å². The molecule has 1 heterocycles. The standard InChI is InChI=1S/C7H9N.C4H2Cl2O2.C3H8.C2H6.CH2O/c1-8-7-5-3-2-4-6-7;5-2-1-8-4(7)3(2)6;1-3-2;2*1-2/h2-6,8H,1H3;1H2;3H2,1-2H3;1-2H3;1H2. The third-order valence-electron chi connectivity index (χ3n) is 1.81. The van der Waals surface area contributed by atoms with Gasteiger partial charge in [0.1, 0.15) is 18.4 Å². The van der Waals surface area contributed by atoms with E-state index in [0.29, 0.717) is 0 Å². The van der Waals surface area contributed by atoms with Crippen LogP contribution < -0.4 is 5.32 Å². The molecule has 0 aliphatic carbocycles. The van der Waals surface area contributed by atoms with Crippen molar-refractivity contribution in [2.45, 2.75) is 34.1 Å². The molecule has 2 rings (SSSR count). The third kappa shape index (κ3) is 15.2. The molecule has 23 heavy (non-hydrogen) atoms. The van der Waals surface area contributed by atoms with E-state index in [9.17, 15) is 4.79 Å². The van der Waals surface area contributed by atoms with Gasteiger partial charge in [-0.2, -0.15) is 0 Å². The largest absolute Gasteiger partial charge is 0.456 e. The molecular weight excluding hydrogens is 337 g/mol. The second-order valence-electron chi connectivity index (χ2n) is 3.62. The normalized spacial score (nSPS) is 11.0. The highest BCUT2D eigenvalue weighted by Crippen LogP contribution is 2.21. The van der Waals surface area contributed by atoms with E-state index >= 15 is 0 Å². The summed E-state index contributed by atoms with van der Waals surface area (Å²) in [5, 5.41) is 3.32. The van der Waals surface area contributed by atoms with Gasteiger partial charge in [0, 0.05) is 12.7 Å². The molecule has 1 N–H and O–H groups in total. The Morgan fingerprint density at radius 3 is 1.74 bits per heavy atom. The SMILES string of the molecule is C=O.CC.CCC.CNc1ccccc1.O=C1OCC(Cl)=C1Cl.